The first-order valence-corrected chi connectivity index (χ1v) is 5.52. The van der Waals surface area contributed by atoms with Gasteiger partial charge in [0.2, 0.25) is 0 Å². The largest absolute Gasteiger partial charge is 0.394 e. The van der Waals surface area contributed by atoms with Crippen molar-refractivity contribution in [1.82, 2.24) is 5.32 Å². The Balaban J connectivity index is 2.87. The summed E-state index contributed by atoms with van der Waals surface area (Å²) in [5, 5.41) is 11.5. The molecule has 82 valence electrons. The normalized spacial score (nSPS) is 12.3. The van der Waals surface area contributed by atoms with Crippen LogP contribution in [0, 0.1) is 6.92 Å². The molecule has 4 heteroatoms. The van der Waals surface area contributed by atoms with Gasteiger partial charge in [0, 0.05) is 10.5 Å². The molecular formula is C11H14BrNO2. The van der Waals surface area contributed by atoms with Gasteiger partial charge in [0.1, 0.15) is 0 Å². The van der Waals surface area contributed by atoms with Crippen LogP contribution in [0.3, 0.4) is 0 Å². The molecule has 1 rings (SSSR count). The van der Waals surface area contributed by atoms with Crippen molar-refractivity contribution in [2.45, 2.75) is 19.9 Å². The summed E-state index contributed by atoms with van der Waals surface area (Å²) >= 11 is 3.37. The molecule has 1 amide bonds. The number of benzene rings is 1. The number of carbonyl (C=O) groups excluding carboxylic acids is 1. The quantitative estimate of drug-likeness (QED) is 0.882. The second-order valence-electron chi connectivity index (χ2n) is 3.49. The van der Waals surface area contributed by atoms with Crippen molar-refractivity contribution in [2.75, 3.05) is 6.61 Å². The fraction of sp³-hybridized carbons (Fsp3) is 0.364. The van der Waals surface area contributed by atoms with Gasteiger partial charge >= 0.3 is 0 Å². The molecule has 0 aliphatic carbocycles. The molecular weight excluding hydrogens is 258 g/mol. The van der Waals surface area contributed by atoms with Crippen LogP contribution >= 0.6 is 15.9 Å². The van der Waals surface area contributed by atoms with Gasteiger partial charge in [-0.15, -0.1) is 0 Å². The number of aliphatic hydroxyl groups is 1. The molecule has 0 aliphatic heterocycles. The molecule has 0 unspecified atom stereocenters. The van der Waals surface area contributed by atoms with E-state index in [1.54, 1.807) is 13.0 Å². The molecule has 0 aromatic heterocycles. The van der Waals surface area contributed by atoms with Gasteiger partial charge in [0.05, 0.1) is 12.2 Å². The molecule has 2 N–H and O–H groups in total. The highest BCUT2D eigenvalue weighted by atomic mass is 79.9. The van der Waals surface area contributed by atoms with Gasteiger partial charge in [0.25, 0.3) is 5.91 Å². The maximum absolute atomic E-state index is 11.7. The Bertz CT molecular complexity index is 366. The summed E-state index contributed by atoms with van der Waals surface area (Å²) < 4.78 is 0.799. The maximum atomic E-state index is 11.7. The van der Waals surface area contributed by atoms with Gasteiger partial charge in [-0.1, -0.05) is 12.1 Å². The Kier molecular flexibility index (Phi) is 4.29. The van der Waals surface area contributed by atoms with E-state index >= 15 is 0 Å². The zero-order chi connectivity index (χ0) is 11.4. The smallest absolute Gasteiger partial charge is 0.252 e. The van der Waals surface area contributed by atoms with Crippen LogP contribution in [-0.4, -0.2) is 23.7 Å². The summed E-state index contributed by atoms with van der Waals surface area (Å²) in [4.78, 5) is 11.7. The lowest BCUT2D eigenvalue weighted by atomic mass is 10.1. The zero-order valence-corrected chi connectivity index (χ0v) is 10.3. The molecule has 0 saturated heterocycles. The third-order valence-corrected chi connectivity index (χ3v) is 3.14. The standard InChI is InChI=1S/C11H14BrNO2/c1-7-4-3-5-9(10(7)12)11(15)13-8(2)6-14/h3-5,8,14H,6H2,1-2H3,(H,13,15)/t8-/m0/s1. The van der Waals surface area contributed by atoms with Crippen LogP contribution in [0.5, 0.6) is 0 Å². The number of hydrogen-bond acceptors (Lipinski definition) is 2. The molecule has 0 bridgehead atoms. The van der Waals surface area contributed by atoms with E-state index in [2.05, 4.69) is 21.2 Å². The molecule has 1 aromatic carbocycles. The van der Waals surface area contributed by atoms with Gasteiger partial charge in [-0.2, -0.15) is 0 Å². The van der Waals surface area contributed by atoms with E-state index < -0.39 is 0 Å². The lowest BCUT2D eigenvalue weighted by Crippen LogP contribution is -2.35. The van der Waals surface area contributed by atoms with E-state index in [1.165, 1.54) is 0 Å². The maximum Gasteiger partial charge on any atom is 0.252 e. The van der Waals surface area contributed by atoms with Crippen LogP contribution < -0.4 is 5.32 Å². The molecule has 0 radical (unpaired) electrons. The fourth-order valence-electron chi connectivity index (χ4n) is 1.17. The number of halogens is 1. The summed E-state index contributed by atoms with van der Waals surface area (Å²) in [5.41, 5.74) is 1.61. The van der Waals surface area contributed by atoms with E-state index in [0.29, 0.717) is 5.56 Å². The molecule has 0 aliphatic rings. The van der Waals surface area contributed by atoms with E-state index in [4.69, 9.17) is 5.11 Å². The third-order valence-electron chi connectivity index (χ3n) is 2.09. The summed E-state index contributed by atoms with van der Waals surface area (Å²) in [6.45, 7) is 3.62. The van der Waals surface area contributed by atoms with Crippen molar-refractivity contribution < 1.29 is 9.90 Å². The van der Waals surface area contributed by atoms with Gasteiger partial charge < -0.3 is 10.4 Å². The number of aryl methyl sites for hydroxylation is 1. The average Bonchev–Trinajstić information content (AvgIpc) is 2.21. The predicted molar refractivity (Wildman–Crippen MR) is 62.9 cm³/mol. The second-order valence-corrected chi connectivity index (χ2v) is 4.29. The Labute approximate surface area is 97.6 Å². The number of aliphatic hydroxyl groups excluding tert-OH is 1. The molecule has 1 atom stereocenters. The van der Waals surface area contributed by atoms with Gasteiger partial charge in [-0.25, -0.2) is 0 Å². The third kappa shape index (κ3) is 3.04. The lowest BCUT2D eigenvalue weighted by Gasteiger charge is -2.12. The highest BCUT2D eigenvalue weighted by Crippen LogP contribution is 2.20. The zero-order valence-electron chi connectivity index (χ0n) is 8.75. The highest BCUT2D eigenvalue weighted by molar-refractivity contribution is 9.10. The molecule has 3 nitrogen and oxygen atoms in total. The number of amides is 1. The molecule has 0 fully saturated rings. The topological polar surface area (TPSA) is 49.3 Å². The molecule has 1 aromatic rings. The molecule has 0 saturated carbocycles. The fourth-order valence-corrected chi connectivity index (χ4v) is 1.61. The van der Waals surface area contributed by atoms with Gasteiger partial charge in [0.15, 0.2) is 0 Å². The monoisotopic (exact) mass is 271 g/mol. The van der Waals surface area contributed by atoms with Crippen LogP contribution in [-0.2, 0) is 0 Å². The number of hydrogen-bond donors (Lipinski definition) is 2. The van der Waals surface area contributed by atoms with E-state index in [0.717, 1.165) is 10.0 Å². The van der Waals surface area contributed by atoms with Crippen molar-refractivity contribution in [3.05, 3.63) is 33.8 Å². The van der Waals surface area contributed by atoms with Crippen molar-refractivity contribution in [1.29, 1.82) is 0 Å². The van der Waals surface area contributed by atoms with Crippen molar-refractivity contribution >= 4 is 21.8 Å². The summed E-state index contributed by atoms with van der Waals surface area (Å²) in [6.07, 6.45) is 0. The van der Waals surface area contributed by atoms with E-state index in [1.807, 2.05) is 19.1 Å². The Morgan fingerprint density at radius 2 is 2.27 bits per heavy atom. The number of nitrogens with one attached hydrogen (secondary N) is 1. The van der Waals surface area contributed by atoms with Crippen molar-refractivity contribution in [2.24, 2.45) is 0 Å². The van der Waals surface area contributed by atoms with Crippen molar-refractivity contribution in [3.63, 3.8) is 0 Å². The number of rotatable bonds is 3. The van der Waals surface area contributed by atoms with Gasteiger partial charge in [-0.05, 0) is 41.4 Å². The second kappa shape index (κ2) is 5.28. The van der Waals surface area contributed by atoms with Crippen LogP contribution in [0.4, 0.5) is 0 Å². The van der Waals surface area contributed by atoms with Gasteiger partial charge in [-0.3, -0.25) is 4.79 Å². The highest BCUT2D eigenvalue weighted by Gasteiger charge is 2.12. The molecule has 0 spiro atoms. The van der Waals surface area contributed by atoms with Crippen LogP contribution in [0.25, 0.3) is 0 Å². The predicted octanol–water partition coefficient (Wildman–Crippen LogP) is 1.87. The minimum absolute atomic E-state index is 0.0603. The molecule has 0 heterocycles. The van der Waals surface area contributed by atoms with E-state index in [-0.39, 0.29) is 18.6 Å². The van der Waals surface area contributed by atoms with Crippen LogP contribution in [0.15, 0.2) is 22.7 Å². The first-order valence-electron chi connectivity index (χ1n) is 4.73. The summed E-state index contributed by atoms with van der Waals surface area (Å²) in [5.74, 6) is -0.174. The molecule has 15 heavy (non-hydrogen) atoms. The first kappa shape index (κ1) is 12.2. The SMILES string of the molecule is Cc1cccc(C(=O)N[C@@H](C)CO)c1Br. The Morgan fingerprint density at radius 3 is 2.87 bits per heavy atom. The minimum Gasteiger partial charge on any atom is -0.394 e. The summed E-state index contributed by atoms with van der Waals surface area (Å²) in [7, 11) is 0. The Hall–Kier alpha value is -0.870. The number of carbonyl (C=O) groups is 1. The van der Waals surface area contributed by atoms with E-state index in [9.17, 15) is 4.79 Å². The Morgan fingerprint density at radius 1 is 1.60 bits per heavy atom. The minimum atomic E-state index is -0.232. The van der Waals surface area contributed by atoms with Crippen molar-refractivity contribution in [3.8, 4) is 0 Å². The van der Waals surface area contributed by atoms with Crippen LogP contribution in [0.2, 0.25) is 0 Å². The van der Waals surface area contributed by atoms with Crippen LogP contribution in [0.1, 0.15) is 22.8 Å². The lowest BCUT2D eigenvalue weighted by molar-refractivity contribution is 0.0921. The average molecular weight is 272 g/mol. The summed E-state index contributed by atoms with van der Waals surface area (Å²) in [6, 6.07) is 5.27. The first-order chi connectivity index (χ1) is 7.06.